The first-order chi connectivity index (χ1) is 8.79. The second-order valence-corrected chi connectivity index (χ2v) is 5.45. The number of benzene rings is 1. The van der Waals surface area contributed by atoms with Crippen molar-refractivity contribution in [2.75, 3.05) is 12.8 Å². The molecule has 4 heteroatoms. The quantitative estimate of drug-likeness (QED) is 0.819. The van der Waals surface area contributed by atoms with E-state index in [-0.39, 0.29) is 11.9 Å². The Morgan fingerprint density at radius 1 is 1.33 bits per heavy atom. The van der Waals surface area contributed by atoms with Gasteiger partial charge in [-0.15, -0.1) is 11.8 Å². The molecule has 1 aliphatic heterocycles. The van der Waals surface area contributed by atoms with E-state index in [1.165, 1.54) is 10.5 Å². The van der Waals surface area contributed by atoms with Gasteiger partial charge in [0.05, 0.1) is 6.04 Å². The van der Waals surface area contributed by atoms with Crippen molar-refractivity contribution >= 4 is 17.7 Å². The van der Waals surface area contributed by atoms with Gasteiger partial charge in [0.1, 0.15) is 0 Å². The van der Waals surface area contributed by atoms with Gasteiger partial charge < -0.3 is 10.6 Å². The van der Waals surface area contributed by atoms with E-state index in [1.807, 2.05) is 0 Å². The van der Waals surface area contributed by atoms with E-state index in [9.17, 15) is 4.79 Å². The van der Waals surface area contributed by atoms with Crippen molar-refractivity contribution in [3.63, 3.8) is 0 Å². The minimum absolute atomic E-state index is 0.0345. The number of rotatable bonds is 4. The average Bonchev–Trinajstić information content (AvgIpc) is 2.62. The molecule has 1 aliphatic rings. The van der Waals surface area contributed by atoms with Crippen LogP contribution in [0.15, 0.2) is 29.2 Å². The van der Waals surface area contributed by atoms with Gasteiger partial charge in [0.2, 0.25) is 5.91 Å². The highest BCUT2D eigenvalue weighted by molar-refractivity contribution is 7.98. The Labute approximate surface area is 113 Å². The maximum atomic E-state index is 11.8. The molecule has 0 radical (unpaired) electrons. The first-order valence-electron chi connectivity index (χ1n) is 6.43. The van der Waals surface area contributed by atoms with E-state index in [4.69, 9.17) is 0 Å². The van der Waals surface area contributed by atoms with Crippen molar-refractivity contribution in [3.8, 4) is 0 Å². The Hall–Kier alpha value is -1.00. The number of nitrogens with one attached hydrogen (secondary N) is 2. The van der Waals surface area contributed by atoms with Crippen LogP contribution in [0.5, 0.6) is 0 Å². The molecule has 1 fully saturated rings. The monoisotopic (exact) mass is 264 g/mol. The predicted molar refractivity (Wildman–Crippen MR) is 75.7 cm³/mol. The Kier molecular flexibility index (Phi) is 5.08. The molecule has 0 spiro atoms. The van der Waals surface area contributed by atoms with Crippen LogP contribution in [0.1, 0.15) is 24.8 Å². The molecule has 0 bridgehead atoms. The normalized spacial score (nSPS) is 20.3. The molecule has 2 rings (SSSR count). The SMILES string of the molecule is CSc1ccc(CNC2CCCCNC2=O)cc1. The van der Waals surface area contributed by atoms with Crippen LogP contribution in [0.2, 0.25) is 0 Å². The number of amides is 1. The van der Waals surface area contributed by atoms with E-state index in [2.05, 4.69) is 41.2 Å². The van der Waals surface area contributed by atoms with E-state index >= 15 is 0 Å². The van der Waals surface area contributed by atoms with Crippen LogP contribution >= 0.6 is 11.8 Å². The molecular weight excluding hydrogens is 244 g/mol. The molecule has 1 heterocycles. The third-order valence-electron chi connectivity index (χ3n) is 3.25. The Bertz CT molecular complexity index is 391. The molecular formula is C14H20N2OS. The first kappa shape index (κ1) is 13.4. The average molecular weight is 264 g/mol. The highest BCUT2D eigenvalue weighted by Crippen LogP contribution is 2.15. The Balaban J connectivity index is 1.87. The topological polar surface area (TPSA) is 41.1 Å². The van der Waals surface area contributed by atoms with Crippen molar-refractivity contribution in [1.29, 1.82) is 0 Å². The molecule has 3 nitrogen and oxygen atoms in total. The van der Waals surface area contributed by atoms with Crippen LogP contribution in [-0.2, 0) is 11.3 Å². The zero-order chi connectivity index (χ0) is 12.8. The minimum Gasteiger partial charge on any atom is -0.355 e. The molecule has 0 aliphatic carbocycles. The lowest BCUT2D eigenvalue weighted by Crippen LogP contribution is -2.42. The molecule has 1 aromatic rings. The summed E-state index contributed by atoms with van der Waals surface area (Å²) in [6.07, 6.45) is 5.21. The van der Waals surface area contributed by atoms with Gasteiger partial charge in [-0.2, -0.15) is 0 Å². The fourth-order valence-corrected chi connectivity index (χ4v) is 2.53. The lowest BCUT2D eigenvalue weighted by molar-refractivity contribution is -0.122. The van der Waals surface area contributed by atoms with Gasteiger partial charge in [0.25, 0.3) is 0 Å². The summed E-state index contributed by atoms with van der Waals surface area (Å²) in [5.41, 5.74) is 1.23. The van der Waals surface area contributed by atoms with Crippen LogP contribution in [-0.4, -0.2) is 24.7 Å². The fraction of sp³-hybridized carbons (Fsp3) is 0.500. The Morgan fingerprint density at radius 2 is 2.11 bits per heavy atom. The molecule has 1 unspecified atom stereocenters. The van der Waals surface area contributed by atoms with Crippen molar-refractivity contribution in [2.24, 2.45) is 0 Å². The largest absolute Gasteiger partial charge is 0.355 e. The van der Waals surface area contributed by atoms with Gasteiger partial charge in [-0.25, -0.2) is 0 Å². The molecule has 1 atom stereocenters. The maximum Gasteiger partial charge on any atom is 0.237 e. The van der Waals surface area contributed by atoms with Crippen LogP contribution in [0, 0.1) is 0 Å². The standard InChI is InChI=1S/C14H20N2OS/c1-18-12-7-5-11(6-8-12)10-16-13-4-2-3-9-15-14(13)17/h5-8,13,16H,2-4,9-10H2,1H3,(H,15,17). The summed E-state index contributed by atoms with van der Waals surface area (Å²) in [6, 6.07) is 8.44. The van der Waals surface area contributed by atoms with Crippen molar-refractivity contribution < 1.29 is 4.79 Å². The van der Waals surface area contributed by atoms with Gasteiger partial charge in [-0.3, -0.25) is 4.79 Å². The molecule has 1 saturated heterocycles. The predicted octanol–water partition coefficient (Wildman–Crippen LogP) is 2.17. The minimum atomic E-state index is -0.0345. The summed E-state index contributed by atoms with van der Waals surface area (Å²) in [5.74, 6) is 0.147. The van der Waals surface area contributed by atoms with Crippen molar-refractivity contribution in [3.05, 3.63) is 29.8 Å². The second-order valence-electron chi connectivity index (χ2n) is 4.57. The smallest absolute Gasteiger partial charge is 0.237 e. The third kappa shape index (κ3) is 3.75. The Morgan fingerprint density at radius 3 is 2.83 bits per heavy atom. The van der Waals surface area contributed by atoms with Crippen LogP contribution in [0.4, 0.5) is 0 Å². The third-order valence-corrected chi connectivity index (χ3v) is 3.99. The highest BCUT2D eigenvalue weighted by atomic mass is 32.2. The first-order valence-corrected chi connectivity index (χ1v) is 7.66. The van der Waals surface area contributed by atoms with E-state index in [0.29, 0.717) is 0 Å². The molecule has 1 aromatic carbocycles. The van der Waals surface area contributed by atoms with Gasteiger partial charge in [0.15, 0.2) is 0 Å². The summed E-state index contributed by atoms with van der Waals surface area (Å²) in [4.78, 5) is 13.0. The number of hydrogen-bond donors (Lipinski definition) is 2. The number of carbonyl (C=O) groups excluding carboxylic acids is 1. The fourth-order valence-electron chi connectivity index (χ4n) is 2.12. The molecule has 1 amide bonds. The van der Waals surface area contributed by atoms with Gasteiger partial charge >= 0.3 is 0 Å². The zero-order valence-electron chi connectivity index (χ0n) is 10.7. The summed E-state index contributed by atoms with van der Waals surface area (Å²) < 4.78 is 0. The van der Waals surface area contributed by atoms with E-state index in [1.54, 1.807) is 11.8 Å². The van der Waals surface area contributed by atoms with E-state index < -0.39 is 0 Å². The van der Waals surface area contributed by atoms with Gasteiger partial charge in [0, 0.05) is 18.0 Å². The summed E-state index contributed by atoms with van der Waals surface area (Å²) in [6.45, 7) is 1.58. The van der Waals surface area contributed by atoms with Crippen LogP contribution in [0.3, 0.4) is 0 Å². The van der Waals surface area contributed by atoms with E-state index in [0.717, 1.165) is 32.4 Å². The molecule has 98 valence electrons. The maximum absolute atomic E-state index is 11.8. The van der Waals surface area contributed by atoms with Crippen molar-refractivity contribution in [1.82, 2.24) is 10.6 Å². The van der Waals surface area contributed by atoms with Crippen LogP contribution < -0.4 is 10.6 Å². The summed E-state index contributed by atoms with van der Waals surface area (Å²) >= 11 is 1.74. The second kappa shape index (κ2) is 6.81. The number of carbonyl (C=O) groups is 1. The number of thioether (sulfide) groups is 1. The molecule has 0 aromatic heterocycles. The molecule has 0 saturated carbocycles. The summed E-state index contributed by atoms with van der Waals surface area (Å²) in [5, 5.41) is 6.29. The van der Waals surface area contributed by atoms with Gasteiger partial charge in [-0.05, 0) is 43.2 Å². The van der Waals surface area contributed by atoms with Gasteiger partial charge in [-0.1, -0.05) is 12.1 Å². The highest BCUT2D eigenvalue weighted by Gasteiger charge is 2.19. The van der Waals surface area contributed by atoms with Crippen LogP contribution in [0.25, 0.3) is 0 Å². The number of hydrogen-bond acceptors (Lipinski definition) is 3. The van der Waals surface area contributed by atoms with Crippen molar-refractivity contribution in [2.45, 2.75) is 36.7 Å². The lowest BCUT2D eigenvalue weighted by Gasteiger charge is -2.15. The zero-order valence-corrected chi connectivity index (χ0v) is 11.6. The lowest BCUT2D eigenvalue weighted by atomic mass is 10.1. The molecule has 2 N–H and O–H groups in total. The summed E-state index contributed by atoms with van der Waals surface area (Å²) in [7, 11) is 0. The molecule has 18 heavy (non-hydrogen) atoms.